The van der Waals surface area contributed by atoms with E-state index in [0.717, 1.165) is 5.56 Å². The summed E-state index contributed by atoms with van der Waals surface area (Å²) in [6.07, 6.45) is 3.58. The molecule has 0 aliphatic carbocycles. The second-order valence-electron chi connectivity index (χ2n) is 4.40. The standard InChI is InChI=1S/C13H15ClN4O/c1-2-13(12(15)19,7-18-9-16-8-17-18)10-3-5-11(14)6-4-10/h3-6,8-9H,2,7H2,1H3,(H2,15,19). The molecule has 0 radical (unpaired) electrons. The molecule has 2 N–H and O–H groups in total. The van der Waals surface area contributed by atoms with Crippen LogP contribution in [0.25, 0.3) is 0 Å². The van der Waals surface area contributed by atoms with Gasteiger partial charge in [0.15, 0.2) is 0 Å². The Labute approximate surface area is 116 Å². The van der Waals surface area contributed by atoms with Gasteiger partial charge in [-0.1, -0.05) is 30.7 Å². The Balaban J connectivity index is 2.44. The normalized spacial score (nSPS) is 14.0. The summed E-state index contributed by atoms with van der Waals surface area (Å²) >= 11 is 5.88. The molecule has 100 valence electrons. The lowest BCUT2D eigenvalue weighted by molar-refractivity contribution is -0.124. The topological polar surface area (TPSA) is 73.8 Å². The van der Waals surface area contributed by atoms with E-state index in [4.69, 9.17) is 17.3 Å². The number of carbonyl (C=O) groups is 1. The van der Waals surface area contributed by atoms with E-state index in [9.17, 15) is 4.79 Å². The average Bonchev–Trinajstić information content (AvgIpc) is 2.89. The molecule has 1 aromatic heterocycles. The molecule has 1 atom stereocenters. The molecule has 0 aliphatic rings. The molecule has 2 rings (SSSR count). The van der Waals surface area contributed by atoms with Gasteiger partial charge in [-0.05, 0) is 24.1 Å². The van der Waals surface area contributed by atoms with Crippen LogP contribution < -0.4 is 5.73 Å². The minimum Gasteiger partial charge on any atom is -0.369 e. The highest BCUT2D eigenvalue weighted by atomic mass is 35.5. The van der Waals surface area contributed by atoms with Crippen LogP contribution in [0.15, 0.2) is 36.9 Å². The number of halogens is 1. The SMILES string of the molecule is CCC(Cn1cncn1)(C(N)=O)c1ccc(Cl)cc1. The van der Waals surface area contributed by atoms with Crippen molar-refractivity contribution in [3.8, 4) is 0 Å². The summed E-state index contributed by atoms with van der Waals surface area (Å²) in [5.41, 5.74) is 5.66. The molecule has 0 aliphatic heterocycles. The summed E-state index contributed by atoms with van der Waals surface area (Å²) in [7, 11) is 0. The van der Waals surface area contributed by atoms with E-state index in [0.29, 0.717) is 18.0 Å². The van der Waals surface area contributed by atoms with Gasteiger partial charge < -0.3 is 5.73 Å². The van der Waals surface area contributed by atoms with Crippen LogP contribution in [-0.4, -0.2) is 20.7 Å². The highest BCUT2D eigenvalue weighted by Gasteiger charge is 2.37. The minimum atomic E-state index is -0.807. The zero-order chi connectivity index (χ0) is 13.9. The second-order valence-corrected chi connectivity index (χ2v) is 4.84. The lowest BCUT2D eigenvalue weighted by Gasteiger charge is -2.29. The van der Waals surface area contributed by atoms with Crippen molar-refractivity contribution in [2.24, 2.45) is 5.73 Å². The molecule has 1 aromatic carbocycles. The molecule has 1 amide bonds. The molecule has 0 bridgehead atoms. The number of nitrogens with zero attached hydrogens (tertiary/aromatic N) is 3. The van der Waals surface area contributed by atoms with Gasteiger partial charge in [-0.3, -0.25) is 9.48 Å². The van der Waals surface area contributed by atoms with Gasteiger partial charge in [-0.2, -0.15) is 5.10 Å². The Hall–Kier alpha value is -1.88. The van der Waals surface area contributed by atoms with Crippen LogP contribution >= 0.6 is 11.6 Å². The first-order valence-corrected chi connectivity index (χ1v) is 6.34. The molecule has 1 unspecified atom stereocenters. The van der Waals surface area contributed by atoms with Crippen LogP contribution in [0.1, 0.15) is 18.9 Å². The Kier molecular flexibility index (Phi) is 3.85. The molecule has 0 fully saturated rings. The predicted octanol–water partition coefficient (Wildman–Crippen LogP) is 1.76. The van der Waals surface area contributed by atoms with Gasteiger partial charge in [0.1, 0.15) is 12.7 Å². The number of amides is 1. The zero-order valence-corrected chi connectivity index (χ0v) is 11.3. The number of aromatic nitrogens is 3. The van der Waals surface area contributed by atoms with E-state index >= 15 is 0 Å². The number of rotatable bonds is 5. The molecule has 19 heavy (non-hydrogen) atoms. The quantitative estimate of drug-likeness (QED) is 0.906. The molecular formula is C13H15ClN4O. The third-order valence-electron chi connectivity index (χ3n) is 3.37. The van der Waals surface area contributed by atoms with Crippen LogP contribution in [0.5, 0.6) is 0 Å². The van der Waals surface area contributed by atoms with E-state index in [1.807, 2.05) is 19.1 Å². The molecule has 6 heteroatoms. The summed E-state index contributed by atoms with van der Waals surface area (Å²) in [5.74, 6) is -0.382. The molecule has 0 spiro atoms. The fourth-order valence-electron chi connectivity index (χ4n) is 2.16. The Morgan fingerprint density at radius 2 is 2.11 bits per heavy atom. The van der Waals surface area contributed by atoms with Gasteiger partial charge in [-0.15, -0.1) is 0 Å². The summed E-state index contributed by atoms with van der Waals surface area (Å²) in [5, 5.41) is 4.67. The highest BCUT2D eigenvalue weighted by molar-refractivity contribution is 6.30. The van der Waals surface area contributed by atoms with E-state index in [1.165, 1.54) is 6.33 Å². The van der Waals surface area contributed by atoms with Gasteiger partial charge in [0.2, 0.25) is 5.91 Å². The van der Waals surface area contributed by atoms with Gasteiger partial charge in [0, 0.05) is 5.02 Å². The van der Waals surface area contributed by atoms with Crippen molar-refractivity contribution in [1.82, 2.24) is 14.8 Å². The zero-order valence-electron chi connectivity index (χ0n) is 10.6. The Morgan fingerprint density at radius 1 is 1.42 bits per heavy atom. The van der Waals surface area contributed by atoms with Gasteiger partial charge >= 0.3 is 0 Å². The number of primary amides is 1. The number of hydrogen-bond donors (Lipinski definition) is 1. The van der Waals surface area contributed by atoms with Crippen molar-refractivity contribution in [2.75, 3.05) is 0 Å². The van der Waals surface area contributed by atoms with E-state index < -0.39 is 5.41 Å². The molecule has 1 heterocycles. The molecule has 0 saturated carbocycles. The van der Waals surface area contributed by atoms with Crippen LogP contribution in [0.4, 0.5) is 0 Å². The van der Waals surface area contributed by atoms with Crippen LogP contribution in [0, 0.1) is 0 Å². The Bertz CT molecular complexity index is 553. The minimum absolute atomic E-state index is 0.362. The van der Waals surface area contributed by atoms with Crippen molar-refractivity contribution < 1.29 is 4.79 Å². The van der Waals surface area contributed by atoms with Gasteiger partial charge in [-0.25, -0.2) is 4.98 Å². The maximum absolute atomic E-state index is 12.0. The van der Waals surface area contributed by atoms with Crippen molar-refractivity contribution in [3.05, 3.63) is 47.5 Å². The summed E-state index contributed by atoms with van der Waals surface area (Å²) in [6, 6.07) is 7.16. The van der Waals surface area contributed by atoms with Crippen LogP contribution in [0.3, 0.4) is 0 Å². The molecule has 2 aromatic rings. The first-order chi connectivity index (χ1) is 9.08. The van der Waals surface area contributed by atoms with Gasteiger partial charge in [0.05, 0.1) is 12.0 Å². The molecule has 5 nitrogen and oxygen atoms in total. The first kappa shape index (κ1) is 13.5. The monoisotopic (exact) mass is 278 g/mol. The third kappa shape index (κ3) is 2.61. The lowest BCUT2D eigenvalue weighted by Crippen LogP contribution is -2.44. The predicted molar refractivity (Wildman–Crippen MR) is 72.6 cm³/mol. The fourth-order valence-corrected chi connectivity index (χ4v) is 2.29. The smallest absolute Gasteiger partial charge is 0.229 e. The Morgan fingerprint density at radius 3 is 2.58 bits per heavy atom. The summed E-state index contributed by atoms with van der Waals surface area (Å²) in [4.78, 5) is 15.9. The maximum Gasteiger partial charge on any atom is 0.229 e. The van der Waals surface area contributed by atoms with E-state index in [2.05, 4.69) is 10.1 Å². The lowest BCUT2D eigenvalue weighted by atomic mass is 9.77. The molecular weight excluding hydrogens is 264 g/mol. The van der Waals surface area contributed by atoms with Crippen molar-refractivity contribution in [1.29, 1.82) is 0 Å². The fraction of sp³-hybridized carbons (Fsp3) is 0.308. The van der Waals surface area contributed by atoms with Crippen molar-refractivity contribution in [2.45, 2.75) is 25.3 Å². The van der Waals surface area contributed by atoms with Gasteiger partial charge in [0.25, 0.3) is 0 Å². The summed E-state index contributed by atoms with van der Waals surface area (Å²) < 4.78 is 1.61. The van der Waals surface area contributed by atoms with Crippen LogP contribution in [0.2, 0.25) is 5.02 Å². The summed E-state index contributed by atoms with van der Waals surface area (Å²) in [6.45, 7) is 2.29. The highest BCUT2D eigenvalue weighted by Crippen LogP contribution is 2.30. The van der Waals surface area contributed by atoms with E-state index in [-0.39, 0.29) is 5.91 Å². The van der Waals surface area contributed by atoms with Crippen molar-refractivity contribution in [3.63, 3.8) is 0 Å². The number of hydrogen-bond acceptors (Lipinski definition) is 3. The molecule has 0 saturated heterocycles. The maximum atomic E-state index is 12.0. The van der Waals surface area contributed by atoms with E-state index in [1.54, 1.807) is 23.1 Å². The first-order valence-electron chi connectivity index (χ1n) is 5.97. The van der Waals surface area contributed by atoms with Crippen molar-refractivity contribution >= 4 is 17.5 Å². The largest absolute Gasteiger partial charge is 0.369 e. The number of benzene rings is 1. The number of carbonyl (C=O) groups excluding carboxylic acids is 1. The third-order valence-corrected chi connectivity index (χ3v) is 3.62. The number of nitrogens with two attached hydrogens (primary N) is 1. The average molecular weight is 279 g/mol. The second kappa shape index (κ2) is 5.40. The van der Waals surface area contributed by atoms with Crippen LogP contribution in [-0.2, 0) is 16.8 Å².